The number of pyridine rings is 1. The number of aliphatic hydroxyl groups is 1. The third kappa shape index (κ3) is 4.32. The quantitative estimate of drug-likeness (QED) is 0.711. The maximum Gasteiger partial charge on any atom is 0.257 e. The summed E-state index contributed by atoms with van der Waals surface area (Å²) in [5.74, 6) is 0.350. The van der Waals surface area contributed by atoms with Crippen LogP contribution in [0.2, 0.25) is 0 Å². The van der Waals surface area contributed by atoms with Gasteiger partial charge in [0.25, 0.3) is 5.91 Å². The summed E-state index contributed by atoms with van der Waals surface area (Å²) in [4.78, 5) is 21.4. The second-order valence-electron chi connectivity index (χ2n) is 7.60. The van der Waals surface area contributed by atoms with Gasteiger partial charge in [-0.2, -0.15) is 0 Å². The lowest BCUT2D eigenvalue weighted by atomic mass is 9.94. The molecule has 1 saturated heterocycles. The number of fused-ring (bicyclic) bond motifs is 1. The molecular weight excluding hydrogens is 434 g/mol. The highest BCUT2D eigenvalue weighted by Gasteiger charge is 2.36. The van der Waals surface area contributed by atoms with Gasteiger partial charge in [-0.05, 0) is 52.9 Å². The molecule has 3 heterocycles. The third-order valence-corrected chi connectivity index (χ3v) is 6.26. The first-order valence-electron chi connectivity index (χ1n) is 10.1. The van der Waals surface area contributed by atoms with Crippen LogP contribution in [0.3, 0.4) is 0 Å². The highest BCUT2D eigenvalue weighted by atomic mass is 79.9. The van der Waals surface area contributed by atoms with E-state index in [1.165, 1.54) is 11.1 Å². The first kappa shape index (κ1) is 20.3. The Labute approximate surface area is 179 Å². The maximum absolute atomic E-state index is 13.1. The second-order valence-corrected chi connectivity index (χ2v) is 8.41. The van der Waals surface area contributed by atoms with Gasteiger partial charge in [-0.1, -0.05) is 24.3 Å². The molecule has 2 aromatic rings. The number of aliphatic hydroxyl groups excluding tert-OH is 1. The number of carbonyl (C=O) groups excluding carboxylic acids is 1. The molecule has 1 aromatic carbocycles. The molecule has 29 heavy (non-hydrogen) atoms. The summed E-state index contributed by atoms with van der Waals surface area (Å²) in [7, 11) is 0. The Morgan fingerprint density at radius 2 is 2.10 bits per heavy atom. The smallest absolute Gasteiger partial charge is 0.257 e. The first-order chi connectivity index (χ1) is 14.1. The zero-order valence-electron chi connectivity index (χ0n) is 16.6. The lowest BCUT2D eigenvalue weighted by Crippen LogP contribution is -2.56. The SMILES string of the molecule is CCOc1cnc(Br)cc1C(=O)N1CC[C@H](N2CCc3ccccc3C2)[C@@H](O)C1. The Balaban J connectivity index is 1.44. The molecule has 2 atom stereocenters. The molecule has 1 fully saturated rings. The van der Waals surface area contributed by atoms with Gasteiger partial charge in [-0.25, -0.2) is 4.98 Å². The van der Waals surface area contributed by atoms with Crippen molar-refractivity contribution in [3.05, 3.63) is 57.8 Å². The van der Waals surface area contributed by atoms with Crippen LogP contribution < -0.4 is 4.74 Å². The molecule has 2 aliphatic heterocycles. The van der Waals surface area contributed by atoms with E-state index < -0.39 is 6.10 Å². The standard InChI is InChI=1S/C22H26BrN3O3/c1-2-29-20-12-24-21(23)11-17(20)22(28)26-10-8-18(19(27)14-26)25-9-7-15-5-3-4-6-16(15)13-25/h3-6,11-12,18-19,27H,2,7-10,13-14H2,1H3/t18-,19-/m0/s1. The van der Waals surface area contributed by atoms with Crippen molar-refractivity contribution in [1.29, 1.82) is 0 Å². The molecule has 0 spiro atoms. The van der Waals surface area contributed by atoms with E-state index in [-0.39, 0.29) is 11.9 Å². The molecule has 1 aromatic heterocycles. The summed E-state index contributed by atoms with van der Waals surface area (Å²) in [5.41, 5.74) is 3.22. The van der Waals surface area contributed by atoms with Gasteiger partial charge in [0.2, 0.25) is 0 Å². The molecule has 6 nitrogen and oxygen atoms in total. The molecule has 4 rings (SSSR count). The molecule has 0 aliphatic carbocycles. The van der Waals surface area contributed by atoms with Gasteiger partial charge >= 0.3 is 0 Å². The summed E-state index contributed by atoms with van der Waals surface area (Å²) < 4.78 is 6.17. The number of rotatable bonds is 4. The van der Waals surface area contributed by atoms with E-state index in [4.69, 9.17) is 4.74 Å². The fourth-order valence-electron chi connectivity index (χ4n) is 4.36. The number of piperidine rings is 1. The van der Waals surface area contributed by atoms with Crippen LogP contribution >= 0.6 is 15.9 Å². The molecule has 0 unspecified atom stereocenters. The van der Waals surface area contributed by atoms with Crippen LogP contribution in [0.5, 0.6) is 5.75 Å². The number of hydrogen-bond acceptors (Lipinski definition) is 5. The van der Waals surface area contributed by atoms with E-state index in [2.05, 4.69) is 50.1 Å². The number of halogens is 1. The zero-order valence-corrected chi connectivity index (χ0v) is 18.1. The number of carbonyl (C=O) groups is 1. The Hall–Kier alpha value is -1.96. The zero-order chi connectivity index (χ0) is 20.4. The number of hydrogen-bond donors (Lipinski definition) is 1. The van der Waals surface area contributed by atoms with Crippen LogP contribution in [-0.4, -0.2) is 64.2 Å². The monoisotopic (exact) mass is 459 g/mol. The Kier molecular flexibility index (Phi) is 6.18. The Morgan fingerprint density at radius 1 is 1.31 bits per heavy atom. The summed E-state index contributed by atoms with van der Waals surface area (Å²) in [6.07, 6.45) is 2.75. The average Bonchev–Trinajstić information content (AvgIpc) is 2.74. The maximum atomic E-state index is 13.1. The number of β-amino-alcohol motifs (C(OH)–C–C–N with tert-alkyl or cyclic N) is 1. The van der Waals surface area contributed by atoms with E-state index in [1.54, 1.807) is 17.2 Å². The number of aromatic nitrogens is 1. The molecule has 1 N–H and O–H groups in total. The minimum Gasteiger partial charge on any atom is -0.491 e. The number of ether oxygens (including phenoxy) is 1. The van der Waals surface area contributed by atoms with Crippen LogP contribution in [0, 0.1) is 0 Å². The summed E-state index contributed by atoms with van der Waals surface area (Å²) in [5, 5.41) is 10.9. The van der Waals surface area contributed by atoms with E-state index in [1.807, 2.05) is 6.92 Å². The van der Waals surface area contributed by atoms with Crippen LogP contribution in [0.15, 0.2) is 41.1 Å². The molecule has 154 valence electrons. The summed E-state index contributed by atoms with van der Waals surface area (Å²) >= 11 is 3.33. The number of likely N-dealkylation sites (tertiary alicyclic amines) is 1. The molecule has 0 saturated carbocycles. The largest absolute Gasteiger partial charge is 0.491 e. The normalized spacial score (nSPS) is 22.2. The van der Waals surface area contributed by atoms with Crippen LogP contribution in [0.4, 0.5) is 0 Å². The van der Waals surface area contributed by atoms with Crippen molar-refractivity contribution in [2.24, 2.45) is 0 Å². The van der Waals surface area contributed by atoms with Crippen molar-refractivity contribution in [3.8, 4) is 5.75 Å². The highest BCUT2D eigenvalue weighted by Crippen LogP contribution is 2.28. The molecular formula is C22H26BrN3O3. The van der Waals surface area contributed by atoms with Crippen molar-refractivity contribution < 1.29 is 14.6 Å². The fourth-order valence-corrected chi connectivity index (χ4v) is 4.69. The average molecular weight is 460 g/mol. The van der Waals surface area contributed by atoms with Crippen molar-refractivity contribution >= 4 is 21.8 Å². The number of amides is 1. The van der Waals surface area contributed by atoms with Gasteiger partial charge in [-0.15, -0.1) is 0 Å². The molecule has 7 heteroatoms. The van der Waals surface area contributed by atoms with Gasteiger partial charge in [0.1, 0.15) is 10.4 Å². The molecule has 1 amide bonds. The summed E-state index contributed by atoms with van der Waals surface area (Å²) in [6, 6.07) is 10.3. The minimum atomic E-state index is -0.571. The van der Waals surface area contributed by atoms with Crippen molar-refractivity contribution in [3.63, 3.8) is 0 Å². The van der Waals surface area contributed by atoms with E-state index in [0.29, 0.717) is 35.6 Å². The Morgan fingerprint density at radius 3 is 2.86 bits per heavy atom. The van der Waals surface area contributed by atoms with Crippen molar-refractivity contribution in [1.82, 2.24) is 14.8 Å². The number of nitrogens with zero attached hydrogens (tertiary/aromatic N) is 3. The van der Waals surface area contributed by atoms with Crippen molar-refractivity contribution in [2.45, 2.75) is 38.5 Å². The first-order valence-corrected chi connectivity index (χ1v) is 10.9. The minimum absolute atomic E-state index is 0.0722. The van der Waals surface area contributed by atoms with Gasteiger partial charge in [-0.3, -0.25) is 9.69 Å². The van der Waals surface area contributed by atoms with Gasteiger partial charge < -0.3 is 14.7 Å². The molecule has 0 radical (unpaired) electrons. The van der Waals surface area contributed by atoms with Crippen molar-refractivity contribution in [2.75, 3.05) is 26.2 Å². The predicted molar refractivity (Wildman–Crippen MR) is 114 cm³/mol. The Bertz CT molecular complexity index is 891. The topological polar surface area (TPSA) is 65.9 Å². The van der Waals surface area contributed by atoms with Crippen LogP contribution in [-0.2, 0) is 13.0 Å². The van der Waals surface area contributed by atoms with E-state index >= 15 is 0 Å². The fraction of sp³-hybridized carbons (Fsp3) is 0.455. The highest BCUT2D eigenvalue weighted by molar-refractivity contribution is 9.10. The van der Waals surface area contributed by atoms with E-state index in [0.717, 1.165) is 25.9 Å². The predicted octanol–water partition coefficient (Wildman–Crippen LogP) is 2.88. The lowest BCUT2D eigenvalue weighted by Gasteiger charge is -2.43. The van der Waals surface area contributed by atoms with E-state index in [9.17, 15) is 9.90 Å². The van der Waals surface area contributed by atoms with Gasteiger partial charge in [0, 0.05) is 32.2 Å². The molecule has 0 bridgehead atoms. The van der Waals surface area contributed by atoms with Crippen LogP contribution in [0.1, 0.15) is 34.8 Å². The second kappa shape index (κ2) is 8.81. The summed E-state index contributed by atoms with van der Waals surface area (Å²) in [6.45, 7) is 5.08. The lowest BCUT2D eigenvalue weighted by molar-refractivity contribution is -0.0138. The van der Waals surface area contributed by atoms with Crippen LogP contribution in [0.25, 0.3) is 0 Å². The third-order valence-electron chi connectivity index (χ3n) is 5.83. The molecule has 2 aliphatic rings. The van der Waals surface area contributed by atoms with Gasteiger partial charge in [0.15, 0.2) is 0 Å². The number of benzene rings is 1. The van der Waals surface area contributed by atoms with Gasteiger partial charge in [0.05, 0.1) is 24.5 Å².